The number of morpholine rings is 1. The fourth-order valence-corrected chi connectivity index (χ4v) is 4.57. The van der Waals surface area contributed by atoms with Gasteiger partial charge >= 0.3 is 5.79 Å². The van der Waals surface area contributed by atoms with Gasteiger partial charge in [-0.05, 0) is 37.1 Å². The number of ether oxygens (including phenoxy) is 3. The van der Waals surface area contributed by atoms with Gasteiger partial charge in [-0.3, -0.25) is 0 Å². The van der Waals surface area contributed by atoms with Crippen LogP contribution in [-0.2, 0) is 10.5 Å². The molecule has 33 heavy (non-hydrogen) atoms. The summed E-state index contributed by atoms with van der Waals surface area (Å²) in [5.41, 5.74) is -0.435. The maximum absolute atomic E-state index is 15.0. The first kappa shape index (κ1) is 23.4. The molecule has 1 atom stereocenters. The highest BCUT2D eigenvalue weighted by Crippen LogP contribution is 2.51. The van der Waals surface area contributed by atoms with Crippen molar-refractivity contribution in [3.63, 3.8) is 0 Å². The number of benzene rings is 2. The zero-order valence-electron chi connectivity index (χ0n) is 17.7. The molecule has 1 fully saturated rings. The molecule has 174 valence electrons. The van der Waals surface area contributed by atoms with Crippen LogP contribution in [0.2, 0.25) is 0 Å². The molecule has 2 aliphatic heterocycles. The Kier molecular flexibility index (Phi) is 6.83. The first-order valence-corrected chi connectivity index (χ1v) is 11.0. The monoisotopic (exact) mass is 479 g/mol. The van der Waals surface area contributed by atoms with Crippen LogP contribution < -0.4 is 9.47 Å². The average Bonchev–Trinajstić information content (AvgIpc) is 3.13. The van der Waals surface area contributed by atoms with Gasteiger partial charge in [0.2, 0.25) is 0 Å². The molecule has 0 aliphatic carbocycles. The average molecular weight is 479 g/mol. The van der Waals surface area contributed by atoms with Crippen LogP contribution in [0.3, 0.4) is 0 Å². The minimum atomic E-state index is -2.13. The molecule has 0 radical (unpaired) electrons. The van der Waals surface area contributed by atoms with E-state index in [0.29, 0.717) is 32.4 Å². The summed E-state index contributed by atoms with van der Waals surface area (Å²) in [7, 11) is 0. The van der Waals surface area contributed by atoms with Gasteiger partial charge in [-0.1, -0.05) is 18.7 Å². The topological polar surface area (TPSA) is 30.9 Å². The maximum Gasteiger partial charge on any atom is 0.311 e. The summed E-state index contributed by atoms with van der Waals surface area (Å²) in [6.07, 6.45) is 3.63. The Hall–Kier alpha value is -2.75. The Morgan fingerprint density at radius 1 is 1.06 bits per heavy atom. The largest absolute Gasteiger partial charge is 0.440 e. The van der Waals surface area contributed by atoms with Crippen LogP contribution in [0.25, 0.3) is 0 Å². The third kappa shape index (κ3) is 4.53. The summed E-state index contributed by atoms with van der Waals surface area (Å²) in [5, 5.41) is 0. The van der Waals surface area contributed by atoms with Gasteiger partial charge in [0.25, 0.3) is 0 Å². The molecule has 4 rings (SSSR count). The molecule has 2 aromatic rings. The molecule has 0 spiro atoms. The van der Waals surface area contributed by atoms with E-state index in [1.807, 2.05) is 4.31 Å². The molecule has 0 saturated carbocycles. The van der Waals surface area contributed by atoms with Crippen molar-refractivity contribution in [2.45, 2.75) is 17.6 Å². The fraction of sp³-hybridized carbons (Fsp3) is 0.250. The van der Waals surface area contributed by atoms with Crippen LogP contribution in [-0.4, -0.2) is 30.6 Å². The number of hydrogen-bond donors (Lipinski definition) is 0. The number of nitrogens with zero attached hydrogens (tertiary/aromatic N) is 1. The van der Waals surface area contributed by atoms with Crippen LogP contribution in [0.1, 0.15) is 12.5 Å². The quantitative estimate of drug-likeness (QED) is 0.286. The van der Waals surface area contributed by atoms with Crippen molar-refractivity contribution in [2.75, 3.05) is 26.3 Å². The van der Waals surface area contributed by atoms with Crippen LogP contribution in [0, 0.1) is 17.5 Å². The molecule has 9 heteroatoms. The summed E-state index contributed by atoms with van der Waals surface area (Å²) in [4.78, 5) is 0.263. The Morgan fingerprint density at radius 2 is 1.76 bits per heavy atom. The van der Waals surface area contributed by atoms with Gasteiger partial charge in [-0.15, -0.1) is 0 Å². The minimum Gasteiger partial charge on any atom is -0.440 e. The Bertz CT molecular complexity index is 1130. The van der Waals surface area contributed by atoms with Gasteiger partial charge in [-0.2, -0.15) is 0 Å². The van der Waals surface area contributed by atoms with Crippen molar-refractivity contribution in [2.24, 2.45) is 0 Å². The van der Waals surface area contributed by atoms with E-state index in [4.69, 9.17) is 14.2 Å². The van der Waals surface area contributed by atoms with Crippen molar-refractivity contribution in [3.8, 4) is 11.5 Å². The second-order valence-corrected chi connectivity index (χ2v) is 8.40. The van der Waals surface area contributed by atoms with Crippen molar-refractivity contribution < 1.29 is 31.8 Å². The zero-order chi connectivity index (χ0) is 23.6. The molecule has 0 amide bonds. The van der Waals surface area contributed by atoms with E-state index in [1.165, 1.54) is 37.1 Å². The van der Waals surface area contributed by atoms with E-state index in [0.717, 1.165) is 24.3 Å². The number of fused-ring (bicyclic) bond motifs is 1. The Labute approximate surface area is 193 Å². The van der Waals surface area contributed by atoms with E-state index < -0.39 is 29.1 Å². The number of halogens is 4. The van der Waals surface area contributed by atoms with Crippen LogP contribution in [0.4, 0.5) is 17.6 Å². The van der Waals surface area contributed by atoms with Crippen LogP contribution in [0.5, 0.6) is 11.5 Å². The lowest BCUT2D eigenvalue weighted by Gasteiger charge is -2.30. The molecule has 1 saturated heterocycles. The van der Waals surface area contributed by atoms with Crippen molar-refractivity contribution >= 4 is 11.9 Å². The first-order valence-electron chi connectivity index (χ1n) is 10.2. The summed E-state index contributed by atoms with van der Waals surface area (Å²) in [5.74, 6) is -5.26. The summed E-state index contributed by atoms with van der Waals surface area (Å²) in [6.45, 7) is 7.29. The predicted octanol–water partition coefficient (Wildman–Crippen LogP) is 6.05. The van der Waals surface area contributed by atoms with Crippen molar-refractivity contribution in [3.05, 3.63) is 89.6 Å². The molecule has 1 unspecified atom stereocenters. The van der Waals surface area contributed by atoms with Crippen molar-refractivity contribution in [1.29, 1.82) is 0 Å². The molecule has 0 aromatic heterocycles. The number of hydrogen-bond acceptors (Lipinski definition) is 5. The summed E-state index contributed by atoms with van der Waals surface area (Å²) in [6, 6.07) is 5.31. The van der Waals surface area contributed by atoms with E-state index >= 15 is 4.39 Å². The normalized spacial score (nSPS) is 21.4. The van der Waals surface area contributed by atoms with Crippen LogP contribution >= 0.6 is 11.9 Å². The van der Waals surface area contributed by atoms with Crippen molar-refractivity contribution in [1.82, 2.24) is 4.31 Å². The highest BCUT2D eigenvalue weighted by Gasteiger charge is 2.50. The fourth-order valence-electron chi connectivity index (χ4n) is 3.65. The molecular weight excluding hydrogens is 458 g/mol. The molecular formula is C24H21F4NO3S. The summed E-state index contributed by atoms with van der Waals surface area (Å²) >= 11 is 1.19. The van der Waals surface area contributed by atoms with E-state index in [2.05, 4.69) is 6.58 Å². The Balaban J connectivity index is 1.79. The number of rotatable bonds is 6. The molecule has 2 aliphatic rings. The molecule has 0 N–H and O–H groups in total. The van der Waals surface area contributed by atoms with E-state index in [-0.39, 0.29) is 27.5 Å². The Morgan fingerprint density at radius 3 is 2.39 bits per heavy atom. The minimum absolute atomic E-state index is 0.0340. The van der Waals surface area contributed by atoms with Gasteiger partial charge in [0.05, 0.1) is 29.2 Å². The summed E-state index contributed by atoms with van der Waals surface area (Å²) < 4.78 is 77.6. The lowest BCUT2D eigenvalue weighted by molar-refractivity contribution is -0.0527. The third-order valence-corrected chi connectivity index (χ3v) is 6.29. The second-order valence-electron chi connectivity index (χ2n) is 7.26. The molecule has 4 nitrogen and oxygen atoms in total. The first-order chi connectivity index (χ1) is 15.9. The van der Waals surface area contributed by atoms with Gasteiger partial charge in [-0.25, -0.2) is 21.9 Å². The highest BCUT2D eigenvalue weighted by atomic mass is 32.2. The van der Waals surface area contributed by atoms with E-state index in [9.17, 15) is 13.2 Å². The van der Waals surface area contributed by atoms with Gasteiger partial charge in [0, 0.05) is 31.3 Å². The second kappa shape index (κ2) is 9.62. The lowest BCUT2D eigenvalue weighted by atomic mass is 9.94. The molecule has 2 heterocycles. The third-order valence-electron chi connectivity index (χ3n) is 5.15. The predicted molar refractivity (Wildman–Crippen MR) is 117 cm³/mol. The molecule has 2 aromatic carbocycles. The maximum atomic E-state index is 15.0. The van der Waals surface area contributed by atoms with E-state index in [1.54, 1.807) is 0 Å². The van der Waals surface area contributed by atoms with Gasteiger partial charge in [0.15, 0.2) is 11.5 Å². The SMILES string of the molecule is C=C/C=C(F)\C(=C/C)C1(c2ccc(F)cc2F)Oc2cc(F)c(SN3CCOCC3)cc2O1. The lowest BCUT2D eigenvalue weighted by Crippen LogP contribution is -2.39. The highest BCUT2D eigenvalue weighted by molar-refractivity contribution is 7.97. The van der Waals surface area contributed by atoms with Gasteiger partial charge < -0.3 is 14.2 Å². The number of allylic oxidation sites excluding steroid dienone is 3. The zero-order valence-corrected chi connectivity index (χ0v) is 18.6. The standard InChI is InChI=1S/C24H21F4NO3S/c1-3-5-18(26)16(4-2)24(17-7-6-15(25)12-19(17)27)31-21-13-20(28)23(14-22(21)32-24)33-29-8-10-30-11-9-29/h3-7,12-14H,1,8-11H2,2H3/b16-4+,18-5+. The smallest absolute Gasteiger partial charge is 0.311 e. The van der Waals surface area contributed by atoms with Crippen LogP contribution in [0.15, 0.2) is 71.4 Å². The van der Waals surface area contributed by atoms with Gasteiger partial charge in [0.1, 0.15) is 23.3 Å². The molecule has 0 bridgehead atoms.